The molecule has 1 aliphatic heterocycles. The van der Waals surface area contributed by atoms with E-state index in [0.29, 0.717) is 6.61 Å². The van der Waals surface area contributed by atoms with Gasteiger partial charge in [-0.1, -0.05) is 32.9 Å². The van der Waals surface area contributed by atoms with Gasteiger partial charge in [-0.25, -0.2) is 9.69 Å². The largest absolute Gasteiger partial charge is 0.443 e. The summed E-state index contributed by atoms with van der Waals surface area (Å²) in [4.78, 5) is 25.7. The first-order valence-corrected chi connectivity index (χ1v) is 11.0. The highest BCUT2D eigenvalue weighted by Gasteiger charge is 2.40. The lowest BCUT2D eigenvalue weighted by atomic mass is 10.1. The lowest BCUT2D eigenvalue weighted by molar-refractivity contribution is -0.132. The van der Waals surface area contributed by atoms with Gasteiger partial charge in [-0.15, -0.1) is 0 Å². The molecule has 0 aromatic carbocycles. The molecule has 6 heteroatoms. The highest BCUT2D eigenvalue weighted by Crippen LogP contribution is 2.36. The van der Waals surface area contributed by atoms with E-state index in [-0.39, 0.29) is 17.4 Å². The zero-order chi connectivity index (χ0) is 18.1. The van der Waals surface area contributed by atoms with Gasteiger partial charge in [0.25, 0.3) is 0 Å². The fourth-order valence-corrected chi connectivity index (χ4v) is 2.90. The van der Waals surface area contributed by atoms with Gasteiger partial charge in [0.2, 0.25) is 5.91 Å². The molecule has 2 amide bonds. The van der Waals surface area contributed by atoms with Crippen molar-refractivity contribution in [3.8, 4) is 0 Å². The van der Waals surface area contributed by atoms with Gasteiger partial charge in [-0.05, 0) is 38.9 Å². The van der Waals surface area contributed by atoms with Gasteiger partial charge in [0.05, 0.1) is 12.6 Å². The number of nitrogens with zero attached hydrogens (tertiary/aromatic N) is 1. The Labute approximate surface area is 141 Å². The van der Waals surface area contributed by atoms with E-state index >= 15 is 0 Å². The van der Waals surface area contributed by atoms with Crippen LogP contribution < -0.4 is 0 Å². The molecule has 0 aromatic rings. The summed E-state index contributed by atoms with van der Waals surface area (Å²) in [5.41, 5.74) is -0.636. The molecule has 1 aliphatic rings. The molecular weight excluding hydrogens is 310 g/mol. The van der Waals surface area contributed by atoms with Crippen LogP contribution in [0.5, 0.6) is 0 Å². The maximum absolute atomic E-state index is 12.4. The molecule has 0 N–H and O–H groups in total. The van der Waals surface area contributed by atoms with Crippen molar-refractivity contribution >= 4 is 20.3 Å². The van der Waals surface area contributed by atoms with Crippen molar-refractivity contribution in [2.24, 2.45) is 0 Å². The molecule has 1 heterocycles. The van der Waals surface area contributed by atoms with Crippen LogP contribution in [0.15, 0.2) is 12.2 Å². The van der Waals surface area contributed by atoms with Gasteiger partial charge in [0.15, 0.2) is 8.32 Å². The van der Waals surface area contributed by atoms with Crippen molar-refractivity contribution in [1.29, 1.82) is 0 Å². The molecule has 0 radical (unpaired) electrons. The Morgan fingerprint density at radius 3 is 2.30 bits per heavy atom. The Balaban J connectivity index is 2.86. The molecule has 0 spiro atoms. The van der Waals surface area contributed by atoms with E-state index < -0.39 is 26.1 Å². The van der Waals surface area contributed by atoms with Crippen LogP contribution in [0.25, 0.3) is 0 Å². The van der Waals surface area contributed by atoms with Crippen LogP contribution in [-0.4, -0.2) is 43.5 Å². The predicted molar refractivity (Wildman–Crippen MR) is 93.8 cm³/mol. The molecule has 0 fully saturated rings. The lowest BCUT2D eigenvalue weighted by Gasteiger charge is -2.39. The molecule has 23 heavy (non-hydrogen) atoms. The minimum absolute atomic E-state index is 0.0755. The minimum Gasteiger partial charge on any atom is -0.443 e. The Morgan fingerprint density at radius 1 is 1.26 bits per heavy atom. The summed E-state index contributed by atoms with van der Waals surface area (Å²) in [6, 6.07) is -0.403. The second-order valence-electron chi connectivity index (χ2n) is 8.52. The van der Waals surface area contributed by atoms with Crippen LogP contribution in [-0.2, 0) is 14.0 Å². The summed E-state index contributed by atoms with van der Waals surface area (Å²) in [6.07, 6.45) is 3.27. The first-order chi connectivity index (χ1) is 10.2. The fraction of sp³-hybridized carbons (Fsp3) is 0.765. The maximum Gasteiger partial charge on any atom is 0.417 e. The fourth-order valence-electron chi connectivity index (χ4n) is 1.88. The minimum atomic E-state index is -1.95. The normalized spacial score (nSPS) is 19.9. The van der Waals surface area contributed by atoms with Crippen LogP contribution in [0, 0.1) is 0 Å². The van der Waals surface area contributed by atoms with Crippen LogP contribution in [0.3, 0.4) is 0 Å². The predicted octanol–water partition coefficient (Wildman–Crippen LogP) is 4.10. The van der Waals surface area contributed by atoms with E-state index in [9.17, 15) is 9.59 Å². The van der Waals surface area contributed by atoms with E-state index in [0.717, 1.165) is 0 Å². The number of ether oxygens (including phenoxy) is 1. The van der Waals surface area contributed by atoms with Crippen LogP contribution >= 0.6 is 0 Å². The van der Waals surface area contributed by atoms with Crippen molar-refractivity contribution in [3.05, 3.63) is 12.2 Å². The summed E-state index contributed by atoms with van der Waals surface area (Å²) in [5, 5.41) is 0.0755. The van der Waals surface area contributed by atoms with Crippen molar-refractivity contribution < 1.29 is 18.8 Å². The molecule has 1 atom stereocenters. The lowest BCUT2D eigenvalue weighted by Crippen LogP contribution is -2.51. The quantitative estimate of drug-likeness (QED) is 0.573. The van der Waals surface area contributed by atoms with Gasteiger partial charge in [-0.2, -0.15) is 0 Å². The topological polar surface area (TPSA) is 55.8 Å². The average Bonchev–Trinajstić information content (AvgIpc) is 2.32. The highest BCUT2D eigenvalue weighted by atomic mass is 28.4. The standard InChI is InChI=1S/C17H31NO4Si/c1-16(2,3)22-15(20)18-13(10-9-11-14(18)19)12-21-23(7,8)17(4,5)6/h9-10,13H,11-12H2,1-8H3/t13-/m1/s1. The maximum atomic E-state index is 12.4. The Hall–Kier alpha value is -1.14. The zero-order valence-corrected chi connectivity index (χ0v) is 16.7. The smallest absolute Gasteiger partial charge is 0.417 e. The van der Waals surface area contributed by atoms with Gasteiger partial charge in [0, 0.05) is 6.42 Å². The monoisotopic (exact) mass is 341 g/mol. The Kier molecular flexibility index (Phi) is 5.86. The number of hydrogen-bond acceptors (Lipinski definition) is 4. The molecule has 0 bridgehead atoms. The Morgan fingerprint density at radius 2 is 1.83 bits per heavy atom. The number of carbonyl (C=O) groups excluding carboxylic acids is 2. The summed E-state index contributed by atoms with van der Waals surface area (Å²) in [6.45, 7) is 16.5. The zero-order valence-electron chi connectivity index (χ0n) is 15.7. The van der Waals surface area contributed by atoms with Crippen molar-refractivity contribution in [2.45, 2.75) is 77.7 Å². The van der Waals surface area contributed by atoms with Gasteiger partial charge in [0.1, 0.15) is 5.60 Å². The molecule has 0 unspecified atom stereocenters. The third-order valence-electron chi connectivity index (χ3n) is 4.26. The molecule has 5 nitrogen and oxygen atoms in total. The molecule has 0 aliphatic carbocycles. The van der Waals surface area contributed by atoms with E-state index in [2.05, 4.69) is 33.9 Å². The SMILES string of the molecule is CC(C)(C)OC(=O)N1C(=O)CC=C[C@@H]1CO[Si](C)(C)C(C)(C)C. The number of amides is 2. The van der Waals surface area contributed by atoms with Crippen molar-refractivity contribution in [2.75, 3.05) is 6.61 Å². The van der Waals surface area contributed by atoms with Crippen molar-refractivity contribution in [3.63, 3.8) is 0 Å². The van der Waals surface area contributed by atoms with Crippen LogP contribution in [0.4, 0.5) is 4.79 Å². The van der Waals surface area contributed by atoms with Gasteiger partial charge in [-0.3, -0.25) is 4.79 Å². The van der Waals surface area contributed by atoms with Gasteiger partial charge < -0.3 is 9.16 Å². The van der Waals surface area contributed by atoms with E-state index in [1.807, 2.05) is 6.08 Å². The molecule has 1 rings (SSSR count). The Bertz CT molecular complexity index is 486. The van der Waals surface area contributed by atoms with Crippen LogP contribution in [0.2, 0.25) is 18.1 Å². The highest BCUT2D eigenvalue weighted by molar-refractivity contribution is 6.74. The number of rotatable bonds is 3. The van der Waals surface area contributed by atoms with Crippen molar-refractivity contribution in [1.82, 2.24) is 4.90 Å². The van der Waals surface area contributed by atoms with Gasteiger partial charge >= 0.3 is 6.09 Å². The number of carbonyl (C=O) groups is 2. The second-order valence-corrected chi connectivity index (χ2v) is 13.3. The summed E-state index contributed by atoms with van der Waals surface area (Å²) < 4.78 is 11.5. The summed E-state index contributed by atoms with van der Waals surface area (Å²) >= 11 is 0. The molecule has 0 saturated heterocycles. The van der Waals surface area contributed by atoms with E-state index in [1.54, 1.807) is 26.8 Å². The second kappa shape index (κ2) is 6.77. The summed E-state index contributed by atoms with van der Waals surface area (Å²) in [5.74, 6) is -0.245. The van der Waals surface area contributed by atoms with E-state index in [4.69, 9.17) is 9.16 Å². The molecular formula is C17H31NO4Si. The average molecular weight is 342 g/mol. The molecule has 0 saturated carbocycles. The third-order valence-corrected chi connectivity index (χ3v) is 8.76. The van der Waals surface area contributed by atoms with E-state index in [1.165, 1.54) is 4.90 Å². The first kappa shape index (κ1) is 19.9. The third kappa shape index (κ3) is 5.46. The van der Waals surface area contributed by atoms with Crippen LogP contribution in [0.1, 0.15) is 48.0 Å². The summed E-state index contributed by atoms with van der Waals surface area (Å²) in [7, 11) is -1.95. The first-order valence-electron chi connectivity index (χ1n) is 8.10. The number of hydrogen-bond donors (Lipinski definition) is 0. The number of imide groups is 1. The molecule has 0 aromatic heterocycles. The molecule has 132 valence electrons.